The molecule has 6 nitrogen and oxygen atoms in total. The van der Waals surface area contributed by atoms with E-state index in [2.05, 4.69) is 0 Å². The van der Waals surface area contributed by atoms with E-state index in [9.17, 15) is 0 Å². The molecule has 200 valence electrons. The molecule has 0 unspecified atom stereocenters. The Balaban J connectivity index is 1.26. The second-order valence-corrected chi connectivity index (χ2v) is 11.8. The monoisotopic (exact) mass is 616 g/mol. The molecule has 0 heterocycles. The summed E-state index contributed by atoms with van der Waals surface area (Å²) in [5, 5.41) is 0. The normalized spacial score (nSPS) is 10.9. The maximum absolute atomic E-state index is 6.07. The molecule has 0 saturated carbocycles. The van der Waals surface area contributed by atoms with Gasteiger partial charge in [-0.15, -0.1) is 0 Å². The number of hydrogen-bond acceptors (Lipinski definition) is 6. The zero-order chi connectivity index (χ0) is 25.6. The van der Waals surface area contributed by atoms with Gasteiger partial charge in [0.25, 0.3) is 0 Å². The molecule has 37 heavy (non-hydrogen) atoms. The Morgan fingerprint density at radius 2 is 0.622 bits per heavy atom. The van der Waals surface area contributed by atoms with Gasteiger partial charge in [-0.25, -0.2) is 0 Å². The molecule has 0 bridgehead atoms. The second kappa shape index (κ2) is 19.8. The molecule has 0 spiro atoms. The Kier molecular flexibility index (Phi) is 15.7. The third-order valence-corrected chi connectivity index (χ3v) is 8.61. The van der Waals surface area contributed by atoms with Crippen LogP contribution in [0.1, 0.15) is 38.5 Å². The molecule has 0 aromatic heterocycles. The Morgan fingerprint density at radius 1 is 0.351 bits per heavy atom. The first-order chi connectivity index (χ1) is 18.4. The standard InChI is InChI=1S/3C10H13O2.Sb/c3*11-8-4-5-9-12-10-6-2-1-3-7-10;/h3*1-3,6-7H,4-5,8-9H2;/q3*-1;+3. The van der Waals surface area contributed by atoms with Crippen LogP contribution in [0.5, 0.6) is 17.2 Å². The first kappa shape index (κ1) is 29.3. The molecule has 0 amide bonds. The Labute approximate surface area is 230 Å². The minimum atomic E-state index is -2.68. The van der Waals surface area contributed by atoms with E-state index in [-0.39, 0.29) is 0 Å². The minimum absolute atomic E-state index is 0.634. The molecule has 3 aromatic rings. The van der Waals surface area contributed by atoms with Crippen molar-refractivity contribution in [2.75, 3.05) is 39.6 Å². The zero-order valence-electron chi connectivity index (χ0n) is 21.5. The number of ether oxygens (including phenoxy) is 3. The summed E-state index contributed by atoms with van der Waals surface area (Å²) in [6.07, 6.45) is 5.52. The van der Waals surface area contributed by atoms with Gasteiger partial charge in [0, 0.05) is 0 Å². The van der Waals surface area contributed by atoms with Crippen molar-refractivity contribution in [3.63, 3.8) is 0 Å². The Morgan fingerprint density at radius 3 is 0.919 bits per heavy atom. The van der Waals surface area contributed by atoms with E-state index in [0.29, 0.717) is 39.6 Å². The van der Waals surface area contributed by atoms with Gasteiger partial charge in [-0.3, -0.25) is 0 Å². The number of benzene rings is 3. The molecule has 0 atom stereocenters. The maximum atomic E-state index is 6.07. The Bertz CT molecular complexity index is 791. The molecule has 0 N–H and O–H groups in total. The quantitative estimate of drug-likeness (QED) is 0.0993. The third kappa shape index (κ3) is 14.3. The van der Waals surface area contributed by atoms with Crippen molar-refractivity contribution in [2.24, 2.45) is 0 Å². The van der Waals surface area contributed by atoms with Gasteiger partial charge in [-0.2, -0.15) is 0 Å². The molecule has 3 aromatic carbocycles. The van der Waals surface area contributed by atoms with Crippen molar-refractivity contribution < 1.29 is 23.3 Å². The molecule has 0 aliphatic rings. The van der Waals surface area contributed by atoms with Gasteiger partial charge >= 0.3 is 231 Å². The molecule has 3 rings (SSSR count). The number of para-hydroxylation sites is 3. The van der Waals surface area contributed by atoms with Crippen molar-refractivity contribution >= 4 is 21.5 Å². The summed E-state index contributed by atoms with van der Waals surface area (Å²) in [4.78, 5) is 0. The van der Waals surface area contributed by atoms with Gasteiger partial charge in [0.1, 0.15) is 0 Å². The summed E-state index contributed by atoms with van der Waals surface area (Å²) in [5.41, 5.74) is 0. The fourth-order valence-corrected chi connectivity index (χ4v) is 6.28. The van der Waals surface area contributed by atoms with E-state index in [1.807, 2.05) is 91.0 Å². The van der Waals surface area contributed by atoms with E-state index in [0.717, 1.165) is 55.8 Å². The number of unbranched alkanes of at least 4 members (excludes halogenated alkanes) is 3. The van der Waals surface area contributed by atoms with Gasteiger partial charge in [-0.05, 0) is 0 Å². The summed E-state index contributed by atoms with van der Waals surface area (Å²) >= 11 is -2.68. The summed E-state index contributed by atoms with van der Waals surface area (Å²) in [6.45, 7) is 3.93. The third-order valence-electron chi connectivity index (χ3n) is 5.24. The molecular weight excluding hydrogens is 578 g/mol. The van der Waals surface area contributed by atoms with E-state index < -0.39 is 21.5 Å². The van der Waals surface area contributed by atoms with Crippen molar-refractivity contribution in [1.82, 2.24) is 0 Å². The van der Waals surface area contributed by atoms with Crippen molar-refractivity contribution in [3.8, 4) is 17.2 Å². The fourth-order valence-electron chi connectivity index (χ4n) is 3.26. The molecule has 7 heteroatoms. The zero-order valence-corrected chi connectivity index (χ0v) is 24.1. The van der Waals surface area contributed by atoms with Crippen molar-refractivity contribution in [2.45, 2.75) is 38.5 Å². The van der Waals surface area contributed by atoms with Crippen molar-refractivity contribution in [3.05, 3.63) is 91.0 Å². The predicted octanol–water partition coefficient (Wildman–Crippen LogP) is 6.60. The van der Waals surface area contributed by atoms with E-state index in [1.54, 1.807) is 0 Å². The Hall–Kier alpha value is -2.24. The average molecular weight is 617 g/mol. The summed E-state index contributed by atoms with van der Waals surface area (Å²) in [6, 6.07) is 29.7. The van der Waals surface area contributed by atoms with E-state index >= 15 is 0 Å². The van der Waals surface area contributed by atoms with Crippen LogP contribution in [0, 0.1) is 0 Å². The van der Waals surface area contributed by atoms with Crippen LogP contribution in [0.25, 0.3) is 0 Å². The van der Waals surface area contributed by atoms with E-state index in [4.69, 9.17) is 23.3 Å². The van der Waals surface area contributed by atoms with Crippen LogP contribution in [0.2, 0.25) is 0 Å². The van der Waals surface area contributed by atoms with Gasteiger partial charge in [0.05, 0.1) is 0 Å². The van der Waals surface area contributed by atoms with Crippen LogP contribution >= 0.6 is 0 Å². The van der Waals surface area contributed by atoms with Crippen LogP contribution in [-0.4, -0.2) is 61.1 Å². The fraction of sp³-hybridized carbons (Fsp3) is 0.400. The number of hydrogen-bond donors (Lipinski definition) is 0. The molecule has 0 saturated heterocycles. The van der Waals surface area contributed by atoms with Gasteiger partial charge in [0.15, 0.2) is 0 Å². The molecule has 0 fully saturated rings. The van der Waals surface area contributed by atoms with Crippen LogP contribution in [0.4, 0.5) is 0 Å². The average Bonchev–Trinajstić information content (AvgIpc) is 2.95. The SMILES string of the molecule is c1ccc(OCCCC[O][Sb]([O]CCCCOc2ccccc2)[O]CCCCOc2ccccc2)cc1. The first-order valence-corrected chi connectivity index (χ1v) is 16.3. The first-order valence-electron chi connectivity index (χ1n) is 13.1. The van der Waals surface area contributed by atoms with E-state index in [1.165, 1.54) is 0 Å². The molecule has 0 aliphatic carbocycles. The second-order valence-electron chi connectivity index (χ2n) is 8.33. The predicted molar refractivity (Wildman–Crippen MR) is 147 cm³/mol. The van der Waals surface area contributed by atoms with Crippen LogP contribution in [0.15, 0.2) is 91.0 Å². The van der Waals surface area contributed by atoms with Crippen LogP contribution < -0.4 is 14.2 Å². The van der Waals surface area contributed by atoms with Crippen molar-refractivity contribution in [1.29, 1.82) is 0 Å². The van der Waals surface area contributed by atoms with Gasteiger partial charge < -0.3 is 0 Å². The van der Waals surface area contributed by atoms with Gasteiger partial charge in [0.2, 0.25) is 0 Å². The summed E-state index contributed by atoms with van der Waals surface area (Å²) < 4.78 is 35.5. The van der Waals surface area contributed by atoms with Crippen LogP contribution in [0.3, 0.4) is 0 Å². The topological polar surface area (TPSA) is 55.4 Å². The summed E-state index contributed by atoms with van der Waals surface area (Å²) in [5.74, 6) is 2.70. The number of rotatable bonds is 21. The molecular formula is C30H39O6Sb. The van der Waals surface area contributed by atoms with Crippen LogP contribution in [-0.2, 0) is 9.05 Å². The molecule has 0 aliphatic heterocycles. The van der Waals surface area contributed by atoms with Gasteiger partial charge in [-0.1, -0.05) is 0 Å². The summed E-state index contributed by atoms with van der Waals surface area (Å²) in [7, 11) is 0. The molecule has 0 radical (unpaired) electrons.